The number of rotatable bonds is 13. The molecule has 0 rings (SSSR count). The highest BCUT2D eigenvalue weighted by Crippen LogP contribution is 2.07. The van der Waals surface area contributed by atoms with E-state index in [1.54, 1.807) is 0 Å². The van der Waals surface area contributed by atoms with Gasteiger partial charge in [-0.25, -0.2) is 20.2 Å². The molecule has 0 radical (unpaired) electrons. The third-order valence-corrected chi connectivity index (χ3v) is 2.59. The van der Waals surface area contributed by atoms with Crippen LogP contribution in [0.5, 0.6) is 0 Å². The van der Waals surface area contributed by atoms with Crippen molar-refractivity contribution in [2.75, 3.05) is 13.1 Å². The molecule has 0 bridgehead atoms. The van der Waals surface area contributed by atoms with E-state index >= 15 is 0 Å². The van der Waals surface area contributed by atoms with Crippen LogP contribution in [0.25, 0.3) is 0 Å². The second kappa shape index (κ2) is 11.9. The zero-order valence-corrected chi connectivity index (χ0v) is 10.6. The average molecular weight is 262 g/mol. The lowest BCUT2D eigenvalue weighted by molar-refractivity contribution is -0.544. The predicted molar refractivity (Wildman–Crippen MR) is 66.9 cm³/mol. The quantitative estimate of drug-likeness (QED) is 0.297. The molecule has 0 aromatic carbocycles. The standard InChI is InChI=1S/C10H22N4O4/c15-13(16)11-9-7-5-3-1-2-4-6-8-10-12-14(17)18/h11-12H,1-10H2. The maximum atomic E-state index is 9.95. The van der Waals surface area contributed by atoms with Gasteiger partial charge in [0.1, 0.15) is 0 Å². The molecule has 2 N–H and O–H groups in total. The lowest BCUT2D eigenvalue weighted by atomic mass is 10.1. The van der Waals surface area contributed by atoms with Gasteiger partial charge in [-0.15, -0.1) is 10.9 Å². The Labute approximate surface area is 106 Å². The molecule has 0 aliphatic heterocycles. The largest absolute Gasteiger partial charge is 0.235 e. The van der Waals surface area contributed by atoms with Crippen LogP contribution in [0.2, 0.25) is 0 Å². The summed E-state index contributed by atoms with van der Waals surface area (Å²) in [6.07, 6.45) is 8.09. The highest BCUT2D eigenvalue weighted by atomic mass is 16.7. The fourth-order valence-corrected chi connectivity index (χ4v) is 1.65. The number of nitrogens with one attached hydrogen (secondary N) is 2. The summed E-state index contributed by atoms with van der Waals surface area (Å²) in [6, 6.07) is 0. The number of nitrogens with zero attached hydrogens (tertiary/aromatic N) is 2. The van der Waals surface area contributed by atoms with Gasteiger partial charge in [0.05, 0.1) is 13.1 Å². The van der Waals surface area contributed by atoms with Crippen molar-refractivity contribution in [3.63, 3.8) is 0 Å². The third-order valence-electron chi connectivity index (χ3n) is 2.59. The molecular formula is C10H22N4O4. The predicted octanol–water partition coefficient (Wildman–Crippen LogP) is 1.67. The third kappa shape index (κ3) is 14.4. The van der Waals surface area contributed by atoms with Gasteiger partial charge in [-0.2, -0.15) is 0 Å². The molecule has 0 aliphatic carbocycles. The van der Waals surface area contributed by atoms with Gasteiger partial charge in [-0.1, -0.05) is 38.5 Å². The minimum Gasteiger partial charge on any atom is -0.235 e. The van der Waals surface area contributed by atoms with Crippen LogP contribution in [0.15, 0.2) is 0 Å². The van der Waals surface area contributed by atoms with Crippen LogP contribution in [-0.2, 0) is 0 Å². The van der Waals surface area contributed by atoms with Crippen molar-refractivity contribution in [2.24, 2.45) is 0 Å². The SMILES string of the molecule is O=[N+]([O-])NCCCCCCCCCCN[N+](=O)[O-]. The summed E-state index contributed by atoms with van der Waals surface area (Å²) >= 11 is 0. The Hall–Kier alpha value is -1.60. The molecule has 8 nitrogen and oxygen atoms in total. The second-order valence-corrected chi connectivity index (χ2v) is 4.16. The number of hydrogen-bond acceptors (Lipinski definition) is 4. The van der Waals surface area contributed by atoms with Crippen LogP contribution in [-0.4, -0.2) is 23.2 Å². The van der Waals surface area contributed by atoms with Crippen molar-refractivity contribution < 1.29 is 10.1 Å². The van der Waals surface area contributed by atoms with Gasteiger partial charge in [0.2, 0.25) is 0 Å². The van der Waals surface area contributed by atoms with E-state index < -0.39 is 10.1 Å². The van der Waals surface area contributed by atoms with E-state index in [9.17, 15) is 20.2 Å². The Morgan fingerprint density at radius 3 is 1.17 bits per heavy atom. The van der Waals surface area contributed by atoms with E-state index in [2.05, 4.69) is 10.9 Å². The molecule has 0 aliphatic rings. The molecule has 0 atom stereocenters. The Balaban J connectivity index is 2.99. The summed E-state index contributed by atoms with van der Waals surface area (Å²) in [6.45, 7) is 0.860. The smallest absolute Gasteiger partial charge is 0.157 e. The van der Waals surface area contributed by atoms with E-state index in [-0.39, 0.29) is 0 Å². The number of hydrazine groups is 2. The van der Waals surface area contributed by atoms with Crippen molar-refractivity contribution in [2.45, 2.75) is 51.4 Å². The Kier molecular flexibility index (Phi) is 10.8. The van der Waals surface area contributed by atoms with Gasteiger partial charge in [-0.05, 0) is 12.8 Å². The van der Waals surface area contributed by atoms with Gasteiger partial charge in [0.15, 0.2) is 10.1 Å². The van der Waals surface area contributed by atoms with E-state index in [1.165, 1.54) is 0 Å². The topological polar surface area (TPSA) is 110 Å². The van der Waals surface area contributed by atoms with Crippen LogP contribution in [0.3, 0.4) is 0 Å². The van der Waals surface area contributed by atoms with Crippen molar-refractivity contribution in [1.29, 1.82) is 0 Å². The monoisotopic (exact) mass is 262 g/mol. The zero-order valence-electron chi connectivity index (χ0n) is 10.6. The molecule has 106 valence electrons. The first-order valence-corrected chi connectivity index (χ1v) is 6.38. The fourth-order valence-electron chi connectivity index (χ4n) is 1.65. The van der Waals surface area contributed by atoms with Gasteiger partial charge < -0.3 is 0 Å². The van der Waals surface area contributed by atoms with Gasteiger partial charge in [0, 0.05) is 0 Å². The summed E-state index contributed by atoms with van der Waals surface area (Å²) in [5.74, 6) is 0. The molecule has 0 aromatic heterocycles. The van der Waals surface area contributed by atoms with Gasteiger partial charge in [0.25, 0.3) is 0 Å². The van der Waals surface area contributed by atoms with Crippen molar-refractivity contribution in [3.8, 4) is 0 Å². The van der Waals surface area contributed by atoms with Crippen LogP contribution >= 0.6 is 0 Å². The summed E-state index contributed by atoms with van der Waals surface area (Å²) < 4.78 is 0. The van der Waals surface area contributed by atoms with Crippen molar-refractivity contribution >= 4 is 0 Å². The number of hydrogen-bond donors (Lipinski definition) is 2. The first-order chi connectivity index (χ1) is 8.63. The molecule has 0 amide bonds. The maximum absolute atomic E-state index is 9.95. The minimum absolute atomic E-state index is 0.430. The van der Waals surface area contributed by atoms with Gasteiger partial charge >= 0.3 is 0 Å². The normalized spacial score (nSPS) is 10.0. The van der Waals surface area contributed by atoms with Gasteiger partial charge in [-0.3, -0.25) is 0 Å². The molecule has 0 saturated carbocycles. The number of unbranched alkanes of at least 4 members (excludes halogenated alkanes) is 7. The molecule has 18 heavy (non-hydrogen) atoms. The Morgan fingerprint density at radius 2 is 0.889 bits per heavy atom. The fraction of sp³-hybridized carbons (Fsp3) is 1.00. The molecule has 0 spiro atoms. The molecular weight excluding hydrogens is 240 g/mol. The molecule has 8 heteroatoms. The van der Waals surface area contributed by atoms with E-state index in [1.807, 2.05) is 0 Å². The van der Waals surface area contributed by atoms with E-state index in [4.69, 9.17) is 0 Å². The number of nitro groups is 2. The lowest BCUT2D eigenvalue weighted by Crippen LogP contribution is -2.22. The first kappa shape index (κ1) is 16.4. The van der Waals surface area contributed by atoms with Crippen molar-refractivity contribution in [3.05, 3.63) is 20.2 Å². The second-order valence-electron chi connectivity index (χ2n) is 4.16. The summed E-state index contributed by atoms with van der Waals surface area (Å²) in [4.78, 5) is 19.9. The Bertz CT molecular complexity index is 214. The van der Waals surface area contributed by atoms with Crippen LogP contribution in [0, 0.1) is 20.2 Å². The molecule has 0 aromatic rings. The first-order valence-electron chi connectivity index (χ1n) is 6.38. The van der Waals surface area contributed by atoms with E-state index in [0.29, 0.717) is 13.1 Å². The minimum atomic E-state index is -0.515. The molecule has 0 saturated heterocycles. The van der Waals surface area contributed by atoms with Crippen LogP contribution < -0.4 is 10.9 Å². The summed E-state index contributed by atoms with van der Waals surface area (Å²) in [7, 11) is 0. The highest BCUT2D eigenvalue weighted by Gasteiger charge is 1.96. The lowest BCUT2D eigenvalue weighted by Gasteiger charge is -2.01. The summed E-state index contributed by atoms with van der Waals surface area (Å²) in [5.41, 5.74) is 4.28. The Morgan fingerprint density at radius 1 is 0.611 bits per heavy atom. The maximum Gasteiger partial charge on any atom is 0.157 e. The molecule has 0 unspecified atom stereocenters. The van der Waals surface area contributed by atoms with Crippen LogP contribution in [0.1, 0.15) is 51.4 Å². The summed E-state index contributed by atoms with van der Waals surface area (Å²) in [5, 5.41) is 18.9. The highest BCUT2D eigenvalue weighted by molar-refractivity contribution is 4.48. The molecule has 0 heterocycles. The zero-order chi connectivity index (χ0) is 13.6. The van der Waals surface area contributed by atoms with Crippen molar-refractivity contribution in [1.82, 2.24) is 10.9 Å². The van der Waals surface area contributed by atoms with E-state index in [0.717, 1.165) is 51.4 Å². The van der Waals surface area contributed by atoms with Crippen LogP contribution in [0.4, 0.5) is 0 Å². The average Bonchev–Trinajstić information content (AvgIpc) is 2.29. The molecule has 0 fully saturated rings.